The Kier molecular flexibility index (Phi) is 6.21. The van der Waals surface area contributed by atoms with Crippen molar-refractivity contribution in [2.45, 2.75) is 19.4 Å². The predicted octanol–water partition coefficient (Wildman–Crippen LogP) is 3.60. The number of hydrogen-bond donors (Lipinski definition) is 2. The fourth-order valence-corrected chi connectivity index (χ4v) is 2.35. The molecule has 0 spiro atoms. The number of nitrogens with one attached hydrogen (secondary N) is 1. The number of ether oxygens (including phenoxy) is 1. The number of carbonyl (C=O) groups excluding carboxylic acids is 1. The molecule has 1 atom stereocenters. The normalized spacial score (nSPS) is 11.7. The number of hydrogen-bond acceptors (Lipinski definition) is 3. The highest BCUT2D eigenvalue weighted by molar-refractivity contribution is 5.90. The first-order valence-corrected chi connectivity index (χ1v) is 7.95. The number of amides is 2. The van der Waals surface area contributed by atoms with Crippen LogP contribution < -0.4 is 10.1 Å². The van der Waals surface area contributed by atoms with Gasteiger partial charge in [-0.1, -0.05) is 30.3 Å². The minimum Gasteiger partial charge on any atom is -0.496 e. The van der Waals surface area contributed by atoms with Crippen LogP contribution in [0, 0.1) is 0 Å². The van der Waals surface area contributed by atoms with E-state index >= 15 is 0 Å². The molecule has 24 heavy (non-hydrogen) atoms. The molecule has 0 aliphatic heterocycles. The lowest BCUT2D eigenvalue weighted by molar-refractivity contribution is 0.167. The Morgan fingerprint density at radius 2 is 2.00 bits per heavy atom. The summed E-state index contributed by atoms with van der Waals surface area (Å²) < 4.78 is 5.39. The zero-order chi connectivity index (χ0) is 17.5. The Morgan fingerprint density at radius 1 is 1.25 bits per heavy atom. The third kappa shape index (κ3) is 4.73. The van der Waals surface area contributed by atoms with Crippen LogP contribution in [0.5, 0.6) is 5.75 Å². The third-order valence-electron chi connectivity index (χ3n) is 3.76. The van der Waals surface area contributed by atoms with Crippen LogP contribution in [-0.2, 0) is 0 Å². The van der Waals surface area contributed by atoms with Gasteiger partial charge in [-0.25, -0.2) is 4.79 Å². The molecule has 5 nitrogen and oxygen atoms in total. The molecule has 0 saturated heterocycles. The van der Waals surface area contributed by atoms with Gasteiger partial charge < -0.3 is 20.1 Å². The monoisotopic (exact) mass is 328 g/mol. The van der Waals surface area contributed by atoms with Crippen molar-refractivity contribution in [1.29, 1.82) is 0 Å². The molecule has 5 heteroatoms. The number of anilines is 1. The van der Waals surface area contributed by atoms with Crippen molar-refractivity contribution in [2.24, 2.45) is 0 Å². The summed E-state index contributed by atoms with van der Waals surface area (Å²) in [5, 5.41) is 12.2. The Labute approximate surface area is 142 Å². The van der Waals surface area contributed by atoms with Gasteiger partial charge in [0.15, 0.2) is 0 Å². The summed E-state index contributed by atoms with van der Waals surface area (Å²) in [6, 6.07) is 15.2. The molecule has 128 valence electrons. The molecule has 0 heterocycles. The molecular weight excluding hydrogens is 304 g/mol. The van der Waals surface area contributed by atoms with E-state index in [1.165, 1.54) is 0 Å². The summed E-state index contributed by atoms with van der Waals surface area (Å²) in [6.07, 6.45) is 0.125. The molecule has 0 radical (unpaired) electrons. The molecule has 2 aromatic rings. The summed E-state index contributed by atoms with van der Waals surface area (Å²) >= 11 is 0. The summed E-state index contributed by atoms with van der Waals surface area (Å²) in [4.78, 5) is 13.8. The topological polar surface area (TPSA) is 61.8 Å². The largest absolute Gasteiger partial charge is 0.496 e. The fourth-order valence-electron chi connectivity index (χ4n) is 2.35. The number of methoxy groups -OCH3 is 1. The first kappa shape index (κ1) is 17.8. The summed E-state index contributed by atoms with van der Waals surface area (Å²) in [7, 11) is 3.35. The van der Waals surface area contributed by atoms with Crippen LogP contribution >= 0.6 is 0 Å². The van der Waals surface area contributed by atoms with E-state index < -0.39 is 6.10 Å². The van der Waals surface area contributed by atoms with Crippen LogP contribution in [0.3, 0.4) is 0 Å². The van der Waals surface area contributed by atoms with E-state index in [9.17, 15) is 9.90 Å². The summed E-state index contributed by atoms with van der Waals surface area (Å²) in [6.45, 7) is 2.21. The first-order chi connectivity index (χ1) is 11.5. The van der Waals surface area contributed by atoms with Gasteiger partial charge in [-0.05, 0) is 37.1 Å². The molecule has 2 N–H and O–H groups in total. The summed E-state index contributed by atoms with van der Waals surface area (Å²) in [5.74, 6) is 0.787. The average molecular weight is 328 g/mol. The van der Waals surface area contributed by atoms with Gasteiger partial charge in [-0.2, -0.15) is 0 Å². The second kappa shape index (κ2) is 8.36. The molecular formula is C19H24N2O3. The third-order valence-corrected chi connectivity index (χ3v) is 3.76. The minimum atomic E-state index is -0.422. The minimum absolute atomic E-state index is 0.201. The van der Waals surface area contributed by atoms with E-state index in [0.717, 1.165) is 16.9 Å². The van der Waals surface area contributed by atoms with Gasteiger partial charge in [0, 0.05) is 24.8 Å². The molecule has 2 amide bonds. The van der Waals surface area contributed by atoms with Crippen molar-refractivity contribution in [1.82, 2.24) is 4.90 Å². The SMILES string of the molecule is COc1ccccc1-c1cccc(NC(=O)N(C)CCC(C)O)c1. The van der Waals surface area contributed by atoms with Gasteiger partial charge in [-0.3, -0.25) is 0 Å². The lowest BCUT2D eigenvalue weighted by Gasteiger charge is -2.19. The van der Waals surface area contributed by atoms with Crippen molar-refractivity contribution in [3.63, 3.8) is 0 Å². The Bertz CT molecular complexity index is 686. The second-order valence-corrected chi connectivity index (χ2v) is 5.77. The van der Waals surface area contributed by atoms with E-state index in [4.69, 9.17) is 4.74 Å². The molecule has 0 fully saturated rings. The molecule has 0 saturated carbocycles. The maximum Gasteiger partial charge on any atom is 0.321 e. The molecule has 2 aromatic carbocycles. The van der Waals surface area contributed by atoms with Gasteiger partial charge in [0.1, 0.15) is 5.75 Å². The van der Waals surface area contributed by atoms with Crippen LogP contribution in [0.1, 0.15) is 13.3 Å². The van der Waals surface area contributed by atoms with Crippen molar-refractivity contribution < 1.29 is 14.6 Å². The van der Waals surface area contributed by atoms with Crippen molar-refractivity contribution >= 4 is 11.7 Å². The number of nitrogens with zero attached hydrogens (tertiary/aromatic N) is 1. The number of benzene rings is 2. The average Bonchev–Trinajstić information content (AvgIpc) is 2.59. The quantitative estimate of drug-likeness (QED) is 0.852. The van der Waals surface area contributed by atoms with E-state index in [1.54, 1.807) is 26.0 Å². The number of rotatable bonds is 6. The van der Waals surface area contributed by atoms with Crippen molar-refractivity contribution in [3.8, 4) is 16.9 Å². The van der Waals surface area contributed by atoms with Gasteiger partial charge in [0.2, 0.25) is 0 Å². The molecule has 0 aliphatic carbocycles. The lowest BCUT2D eigenvalue weighted by Crippen LogP contribution is -2.33. The van der Waals surface area contributed by atoms with Crippen molar-refractivity contribution in [3.05, 3.63) is 48.5 Å². The smallest absolute Gasteiger partial charge is 0.321 e. The Hall–Kier alpha value is -2.53. The molecule has 2 rings (SSSR count). The zero-order valence-electron chi connectivity index (χ0n) is 14.3. The van der Waals surface area contributed by atoms with Crippen LogP contribution in [0.2, 0.25) is 0 Å². The van der Waals surface area contributed by atoms with Crippen LogP contribution in [0.15, 0.2) is 48.5 Å². The second-order valence-electron chi connectivity index (χ2n) is 5.77. The highest BCUT2D eigenvalue weighted by Gasteiger charge is 2.11. The van der Waals surface area contributed by atoms with E-state index in [2.05, 4.69) is 5.32 Å². The van der Waals surface area contributed by atoms with Crippen LogP contribution in [0.4, 0.5) is 10.5 Å². The molecule has 0 bridgehead atoms. The van der Waals surface area contributed by atoms with Gasteiger partial charge in [0.05, 0.1) is 13.2 Å². The van der Waals surface area contributed by atoms with Crippen molar-refractivity contribution in [2.75, 3.05) is 26.0 Å². The summed E-state index contributed by atoms with van der Waals surface area (Å²) in [5.41, 5.74) is 2.66. The Balaban J connectivity index is 2.12. The number of aliphatic hydroxyl groups excluding tert-OH is 1. The maximum atomic E-state index is 12.2. The predicted molar refractivity (Wildman–Crippen MR) is 96.4 cm³/mol. The van der Waals surface area contributed by atoms with E-state index in [0.29, 0.717) is 18.7 Å². The molecule has 0 aromatic heterocycles. The number of aliphatic hydroxyl groups is 1. The number of para-hydroxylation sites is 1. The highest BCUT2D eigenvalue weighted by atomic mass is 16.5. The van der Waals surface area contributed by atoms with Gasteiger partial charge in [0.25, 0.3) is 0 Å². The molecule has 0 aliphatic rings. The number of urea groups is 1. The first-order valence-electron chi connectivity index (χ1n) is 7.95. The fraction of sp³-hybridized carbons (Fsp3) is 0.316. The molecule has 1 unspecified atom stereocenters. The van der Waals surface area contributed by atoms with Crippen LogP contribution in [0.25, 0.3) is 11.1 Å². The highest BCUT2D eigenvalue weighted by Crippen LogP contribution is 2.30. The van der Waals surface area contributed by atoms with Gasteiger partial charge >= 0.3 is 6.03 Å². The zero-order valence-corrected chi connectivity index (χ0v) is 14.3. The number of carbonyl (C=O) groups is 1. The van der Waals surface area contributed by atoms with E-state index in [-0.39, 0.29) is 6.03 Å². The van der Waals surface area contributed by atoms with E-state index in [1.807, 2.05) is 48.5 Å². The van der Waals surface area contributed by atoms with Crippen LogP contribution in [-0.4, -0.2) is 42.8 Å². The van der Waals surface area contributed by atoms with Gasteiger partial charge in [-0.15, -0.1) is 0 Å². The maximum absolute atomic E-state index is 12.2. The lowest BCUT2D eigenvalue weighted by atomic mass is 10.0. The standard InChI is InChI=1S/C19H24N2O3/c1-14(22)11-12-21(2)19(23)20-16-8-6-7-15(13-16)17-9-4-5-10-18(17)24-3/h4-10,13-14,22H,11-12H2,1-3H3,(H,20,23). The Morgan fingerprint density at radius 3 is 2.71 bits per heavy atom.